The van der Waals surface area contributed by atoms with E-state index in [1.165, 1.54) is 18.2 Å². The van der Waals surface area contributed by atoms with Crippen LogP contribution in [0, 0.1) is 3.57 Å². The highest BCUT2D eigenvalue weighted by Gasteiger charge is 2.13. The Morgan fingerprint density at radius 2 is 1.90 bits per heavy atom. The number of benzene rings is 2. The first-order valence-corrected chi connectivity index (χ1v) is 7.99. The predicted molar refractivity (Wildman–Crippen MR) is 94.8 cm³/mol. The summed E-state index contributed by atoms with van der Waals surface area (Å²) in [6, 6.07) is 9.87. The molecule has 0 aliphatic heterocycles. The Morgan fingerprint density at radius 3 is 2.57 bits per heavy atom. The van der Waals surface area contributed by atoms with Gasteiger partial charge in [-0.1, -0.05) is 11.6 Å². The summed E-state index contributed by atoms with van der Waals surface area (Å²) in [4.78, 5) is 23.5. The zero-order valence-corrected chi connectivity index (χ0v) is 15.0. The van der Waals surface area contributed by atoms with Gasteiger partial charge in [-0.25, -0.2) is 0 Å². The third-order valence-corrected chi connectivity index (χ3v) is 4.36. The van der Waals surface area contributed by atoms with Crippen molar-refractivity contribution in [2.24, 2.45) is 5.73 Å². The van der Waals surface area contributed by atoms with Crippen LogP contribution in [0.3, 0.4) is 0 Å². The van der Waals surface area contributed by atoms with Crippen molar-refractivity contribution in [3.8, 4) is 0 Å². The lowest BCUT2D eigenvalue weighted by Gasteiger charge is -2.10. The quantitative estimate of drug-likeness (QED) is 0.652. The van der Waals surface area contributed by atoms with Gasteiger partial charge in [-0.05, 0) is 74.9 Å². The minimum absolute atomic E-state index is 0.274. The highest BCUT2D eigenvalue weighted by Crippen LogP contribution is 2.25. The third kappa shape index (κ3) is 3.96. The van der Waals surface area contributed by atoms with E-state index in [2.05, 4.69) is 43.8 Å². The number of amides is 2. The molecule has 0 aliphatic rings. The monoisotopic (exact) mass is 478 g/mol. The molecule has 0 fully saturated rings. The second-order valence-corrected chi connectivity index (χ2v) is 6.64. The Morgan fingerprint density at radius 1 is 1.19 bits per heavy atom. The minimum atomic E-state index is -0.586. The Kier molecular flexibility index (Phi) is 5.23. The molecule has 2 amide bonds. The normalized spacial score (nSPS) is 10.2. The van der Waals surface area contributed by atoms with Gasteiger partial charge in [0.25, 0.3) is 5.91 Å². The van der Waals surface area contributed by atoms with Crippen molar-refractivity contribution < 1.29 is 9.59 Å². The van der Waals surface area contributed by atoms with Crippen molar-refractivity contribution in [3.63, 3.8) is 0 Å². The van der Waals surface area contributed by atoms with Crippen LogP contribution in [0.5, 0.6) is 0 Å². The number of primary amides is 1. The molecule has 3 N–H and O–H groups in total. The second-order valence-electron chi connectivity index (χ2n) is 4.14. The van der Waals surface area contributed by atoms with Crippen LogP contribution in [0.2, 0.25) is 5.02 Å². The molecule has 2 aromatic carbocycles. The highest BCUT2D eigenvalue weighted by molar-refractivity contribution is 14.1. The predicted octanol–water partition coefficient (Wildman–Crippen LogP) is 4.06. The summed E-state index contributed by atoms with van der Waals surface area (Å²) in [5.41, 5.74) is 6.30. The van der Waals surface area contributed by atoms with E-state index in [1.807, 2.05) is 6.07 Å². The molecule has 0 spiro atoms. The molecule has 7 heteroatoms. The molecule has 0 aliphatic carbocycles. The molecule has 0 saturated heterocycles. The van der Waals surface area contributed by atoms with Gasteiger partial charge < -0.3 is 11.1 Å². The van der Waals surface area contributed by atoms with Crippen molar-refractivity contribution in [2.45, 2.75) is 0 Å². The maximum absolute atomic E-state index is 12.3. The number of carbonyl (C=O) groups is 2. The van der Waals surface area contributed by atoms with Gasteiger partial charge in [-0.2, -0.15) is 0 Å². The van der Waals surface area contributed by atoms with Crippen LogP contribution in [-0.2, 0) is 0 Å². The Balaban J connectivity index is 2.33. The van der Waals surface area contributed by atoms with Crippen molar-refractivity contribution in [3.05, 3.63) is 60.6 Å². The summed E-state index contributed by atoms with van der Waals surface area (Å²) in [5, 5.41) is 3.01. The number of nitrogens with two attached hydrogens (primary N) is 1. The van der Waals surface area contributed by atoms with Gasteiger partial charge >= 0.3 is 0 Å². The first-order valence-electron chi connectivity index (χ1n) is 5.74. The van der Waals surface area contributed by atoms with Crippen LogP contribution in [0.1, 0.15) is 20.7 Å². The molecular weight excluding hydrogens is 470 g/mol. The molecule has 0 aromatic heterocycles. The highest BCUT2D eigenvalue weighted by atomic mass is 127. The number of hydrogen-bond acceptors (Lipinski definition) is 2. The molecule has 0 unspecified atom stereocenters. The molecule has 0 saturated carbocycles. The van der Waals surface area contributed by atoms with E-state index in [0.29, 0.717) is 20.7 Å². The van der Waals surface area contributed by atoms with Gasteiger partial charge in [-0.15, -0.1) is 0 Å². The van der Waals surface area contributed by atoms with Crippen molar-refractivity contribution in [2.75, 3.05) is 5.32 Å². The van der Waals surface area contributed by atoms with E-state index in [9.17, 15) is 9.59 Å². The average molecular weight is 479 g/mol. The van der Waals surface area contributed by atoms with Crippen LogP contribution in [0.15, 0.2) is 40.9 Å². The number of halogens is 3. The Labute approximate surface area is 148 Å². The molecular formula is C14H9BrClIN2O2. The number of carbonyl (C=O) groups excluding carboxylic acids is 2. The van der Waals surface area contributed by atoms with E-state index < -0.39 is 5.91 Å². The van der Waals surface area contributed by atoms with Gasteiger partial charge in [0.1, 0.15) is 0 Å². The van der Waals surface area contributed by atoms with Crippen LogP contribution in [0.4, 0.5) is 5.69 Å². The third-order valence-electron chi connectivity index (χ3n) is 2.67. The lowest BCUT2D eigenvalue weighted by Crippen LogP contribution is -2.15. The molecule has 0 atom stereocenters. The lowest BCUT2D eigenvalue weighted by atomic mass is 10.1. The van der Waals surface area contributed by atoms with Crippen LogP contribution >= 0.6 is 50.1 Å². The zero-order chi connectivity index (χ0) is 15.6. The Bertz CT molecular complexity index is 737. The fourth-order valence-electron chi connectivity index (χ4n) is 1.64. The van der Waals surface area contributed by atoms with Crippen molar-refractivity contribution in [1.82, 2.24) is 0 Å². The molecule has 0 heterocycles. The molecule has 0 bridgehead atoms. The van der Waals surface area contributed by atoms with Gasteiger partial charge in [-0.3, -0.25) is 9.59 Å². The molecule has 2 aromatic rings. The van der Waals surface area contributed by atoms with Crippen LogP contribution in [-0.4, -0.2) is 11.8 Å². The summed E-state index contributed by atoms with van der Waals surface area (Å²) in [5.74, 6) is -0.915. The van der Waals surface area contributed by atoms with Gasteiger partial charge in [0, 0.05) is 13.6 Å². The maximum atomic E-state index is 12.3. The number of nitrogens with one attached hydrogen (secondary N) is 1. The SMILES string of the molecule is NC(=O)c1ccc(Cl)c(NC(=O)c2cc(I)ccc2Br)c1. The smallest absolute Gasteiger partial charge is 0.256 e. The largest absolute Gasteiger partial charge is 0.366 e. The molecule has 0 radical (unpaired) electrons. The molecule has 4 nitrogen and oxygen atoms in total. The summed E-state index contributed by atoms with van der Waals surface area (Å²) < 4.78 is 1.60. The Hall–Kier alpha value is -1.12. The first-order chi connectivity index (χ1) is 9.88. The number of anilines is 1. The minimum Gasteiger partial charge on any atom is -0.366 e. The van der Waals surface area contributed by atoms with E-state index in [-0.39, 0.29) is 11.5 Å². The topological polar surface area (TPSA) is 72.2 Å². The van der Waals surface area contributed by atoms with Crippen LogP contribution < -0.4 is 11.1 Å². The molecule has 108 valence electrons. The van der Waals surface area contributed by atoms with E-state index in [1.54, 1.807) is 12.1 Å². The summed E-state index contributed by atoms with van der Waals surface area (Å²) >= 11 is 11.5. The lowest BCUT2D eigenvalue weighted by molar-refractivity contribution is 0.0996. The van der Waals surface area contributed by atoms with E-state index in [0.717, 1.165) is 3.57 Å². The summed E-state index contributed by atoms with van der Waals surface area (Å²) in [7, 11) is 0. The standard InChI is InChI=1S/C14H9BrClIN2O2/c15-10-3-2-8(17)6-9(10)14(21)19-12-5-7(13(18)20)1-4-11(12)16/h1-6H,(H2,18,20)(H,19,21). The first kappa shape index (κ1) is 16.3. The maximum Gasteiger partial charge on any atom is 0.256 e. The van der Waals surface area contributed by atoms with Crippen LogP contribution in [0.25, 0.3) is 0 Å². The number of hydrogen-bond donors (Lipinski definition) is 2. The number of rotatable bonds is 3. The summed E-state index contributed by atoms with van der Waals surface area (Å²) in [6.45, 7) is 0. The fraction of sp³-hybridized carbons (Fsp3) is 0. The zero-order valence-electron chi connectivity index (χ0n) is 10.5. The van der Waals surface area contributed by atoms with Gasteiger partial charge in [0.05, 0.1) is 16.3 Å². The van der Waals surface area contributed by atoms with E-state index in [4.69, 9.17) is 17.3 Å². The molecule has 21 heavy (non-hydrogen) atoms. The van der Waals surface area contributed by atoms with Crippen molar-refractivity contribution >= 4 is 67.6 Å². The van der Waals surface area contributed by atoms with Crippen molar-refractivity contribution in [1.29, 1.82) is 0 Å². The van der Waals surface area contributed by atoms with E-state index >= 15 is 0 Å². The fourth-order valence-corrected chi connectivity index (χ4v) is 2.72. The van der Waals surface area contributed by atoms with Gasteiger partial charge in [0.15, 0.2) is 0 Å². The molecule has 2 rings (SSSR count). The second kappa shape index (κ2) is 6.76. The summed E-state index contributed by atoms with van der Waals surface area (Å²) in [6.07, 6.45) is 0. The van der Waals surface area contributed by atoms with Gasteiger partial charge in [0.2, 0.25) is 5.91 Å². The average Bonchev–Trinajstić information content (AvgIpc) is 2.43.